The van der Waals surface area contributed by atoms with Crippen LogP contribution in [0.4, 0.5) is 0 Å². The summed E-state index contributed by atoms with van der Waals surface area (Å²) in [4.78, 5) is 16.0. The number of amides is 1. The molecule has 1 N–H and O–H groups in total. The van der Waals surface area contributed by atoms with Crippen molar-refractivity contribution in [1.82, 2.24) is 15.1 Å². The molecule has 2 aliphatic heterocycles. The lowest BCUT2D eigenvalue weighted by molar-refractivity contribution is -0.127. The summed E-state index contributed by atoms with van der Waals surface area (Å²) in [6.45, 7) is 5.28. The van der Waals surface area contributed by atoms with Gasteiger partial charge in [-0.3, -0.25) is 4.79 Å². The van der Waals surface area contributed by atoms with E-state index in [0.29, 0.717) is 11.9 Å². The van der Waals surface area contributed by atoms with Crippen molar-refractivity contribution in [3.63, 3.8) is 0 Å². The van der Waals surface area contributed by atoms with Crippen LogP contribution in [0, 0.1) is 0 Å². The summed E-state index contributed by atoms with van der Waals surface area (Å²) in [6, 6.07) is 0.642. The number of nitrogens with one attached hydrogen (secondary N) is 1. The first-order valence-corrected chi connectivity index (χ1v) is 6.47. The van der Waals surface area contributed by atoms with Crippen LogP contribution in [0.1, 0.15) is 25.7 Å². The molecule has 0 radical (unpaired) electrons. The molecule has 1 unspecified atom stereocenters. The van der Waals surface area contributed by atoms with Gasteiger partial charge in [0.15, 0.2) is 0 Å². The Hall–Kier alpha value is -0.610. The van der Waals surface area contributed by atoms with Gasteiger partial charge >= 0.3 is 0 Å². The van der Waals surface area contributed by atoms with E-state index in [1.807, 2.05) is 11.9 Å². The van der Waals surface area contributed by atoms with Gasteiger partial charge in [0.2, 0.25) is 5.91 Å². The van der Waals surface area contributed by atoms with Gasteiger partial charge in [0.1, 0.15) is 0 Å². The number of likely N-dealkylation sites (tertiary alicyclic amines) is 2. The molecular formula is C12H23N3O. The van der Waals surface area contributed by atoms with E-state index in [4.69, 9.17) is 0 Å². The van der Waals surface area contributed by atoms with Gasteiger partial charge in [0.25, 0.3) is 0 Å². The molecule has 1 amide bonds. The zero-order chi connectivity index (χ0) is 11.4. The summed E-state index contributed by atoms with van der Waals surface area (Å²) in [6.07, 6.45) is 4.38. The van der Waals surface area contributed by atoms with E-state index in [9.17, 15) is 4.79 Å². The molecule has 0 bridgehead atoms. The molecule has 0 aromatic rings. The number of hydrogen-bond acceptors (Lipinski definition) is 3. The minimum Gasteiger partial charge on any atom is -0.341 e. The third-order valence-corrected chi connectivity index (χ3v) is 3.77. The second kappa shape index (κ2) is 5.64. The Labute approximate surface area is 98.0 Å². The van der Waals surface area contributed by atoms with Gasteiger partial charge in [-0.1, -0.05) is 0 Å². The molecule has 1 atom stereocenters. The molecule has 0 saturated carbocycles. The van der Waals surface area contributed by atoms with Gasteiger partial charge in [0, 0.05) is 38.6 Å². The Kier molecular flexibility index (Phi) is 4.18. The average molecular weight is 225 g/mol. The minimum atomic E-state index is 0.349. The maximum atomic E-state index is 11.5. The van der Waals surface area contributed by atoms with E-state index in [0.717, 1.165) is 39.0 Å². The van der Waals surface area contributed by atoms with Crippen molar-refractivity contribution >= 4 is 5.91 Å². The van der Waals surface area contributed by atoms with Crippen LogP contribution in [-0.2, 0) is 4.79 Å². The van der Waals surface area contributed by atoms with Crippen molar-refractivity contribution < 1.29 is 4.79 Å². The summed E-state index contributed by atoms with van der Waals surface area (Å²) in [7, 11) is 2.04. The Balaban J connectivity index is 1.70. The van der Waals surface area contributed by atoms with E-state index < -0.39 is 0 Å². The lowest BCUT2D eigenvalue weighted by Crippen LogP contribution is -2.46. The summed E-state index contributed by atoms with van der Waals surface area (Å²) >= 11 is 0. The first kappa shape index (κ1) is 11.9. The van der Waals surface area contributed by atoms with Gasteiger partial charge in [-0.05, 0) is 32.9 Å². The fourth-order valence-corrected chi connectivity index (χ4v) is 2.70. The number of likely N-dealkylation sites (N-methyl/N-ethyl adjacent to an activating group) is 1. The number of nitrogens with zero attached hydrogens (tertiary/aromatic N) is 2. The van der Waals surface area contributed by atoms with Crippen molar-refractivity contribution in [2.45, 2.75) is 31.7 Å². The summed E-state index contributed by atoms with van der Waals surface area (Å²) in [5.41, 5.74) is 0. The van der Waals surface area contributed by atoms with Crippen molar-refractivity contribution in [3.8, 4) is 0 Å². The smallest absolute Gasteiger partial charge is 0.222 e. The number of piperidine rings is 1. The van der Waals surface area contributed by atoms with Crippen LogP contribution in [0.3, 0.4) is 0 Å². The van der Waals surface area contributed by atoms with Crippen LogP contribution in [0.2, 0.25) is 0 Å². The lowest BCUT2D eigenvalue weighted by atomic mass is 10.1. The number of rotatable bonds is 4. The molecule has 2 saturated heterocycles. The highest BCUT2D eigenvalue weighted by atomic mass is 16.2. The molecular weight excluding hydrogens is 202 g/mol. The first-order valence-electron chi connectivity index (χ1n) is 6.47. The van der Waals surface area contributed by atoms with Crippen LogP contribution in [0.5, 0.6) is 0 Å². The highest BCUT2D eigenvalue weighted by molar-refractivity contribution is 5.78. The molecule has 2 heterocycles. The molecule has 2 rings (SSSR count). The first-order chi connectivity index (χ1) is 7.79. The maximum Gasteiger partial charge on any atom is 0.222 e. The Morgan fingerprint density at radius 1 is 1.31 bits per heavy atom. The maximum absolute atomic E-state index is 11.5. The van der Waals surface area contributed by atoms with Gasteiger partial charge in [0.05, 0.1) is 0 Å². The monoisotopic (exact) mass is 225 g/mol. The van der Waals surface area contributed by atoms with Crippen LogP contribution in [-0.4, -0.2) is 61.5 Å². The summed E-state index contributed by atoms with van der Waals surface area (Å²) in [5.74, 6) is 0.349. The van der Waals surface area contributed by atoms with Crippen molar-refractivity contribution in [2.24, 2.45) is 0 Å². The van der Waals surface area contributed by atoms with Crippen LogP contribution in [0.15, 0.2) is 0 Å². The standard InChI is InChI=1S/C12H23N3O/c1-13-11-4-2-6-14(10-11)8-9-15-7-3-5-12(15)16/h11,13H,2-10H2,1H3. The van der Waals surface area contributed by atoms with Gasteiger partial charge < -0.3 is 15.1 Å². The molecule has 2 fully saturated rings. The van der Waals surface area contributed by atoms with Crippen LogP contribution < -0.4 is 5.32 Å². The SMILES string of the molecule is CNC1CCCN(CCN2CCCC2=O)C1. The second-order valence-corrected chi connectivity index (χ2v) is 4.91. The van der Waals surface area contributed by atoms with Crippen molar-refractivity contribution in [1.29, 1.82) is 0 Å². The fourth-order valence-electron chi connectivity index (χ4n) is 2.70. The number of carbonyl (C=O) groups is 1. The van der Waals surface area contributed by atoms with Crippen LogP contribution >= 0.6 is 0 Å². The summed E-state index contributed by atoms with van der Waals surface area (Å²) in [5, 5.41) is 3.35. The Morgan fingerprint density at radius 2 is 2.19 bits per heavy atom. The van der Waals surface area contributed by atoms with E-state index in [1.165, 1.54) is 19.4 Å². The van der Waals surface area contributed by atoms with Crippen molar-refractivity contribution in [2.75, 3.05) is 39.8 Å². The number of carbonyl (C=O) groups excluding carboxylic acids is 1. The summed E-state index contributed by atoms with van der Waals surface area (Å²) < 4.78 is 0. The normalized spacial score (nSPS) is 27.7. The largest absolute Gasteiger partial charge is 0.341 e. The molecule has 0 aliphatic carbocycles. The Bertz CT molecular complexity index is 244. The van der Waals surface area contributed by atoms with E-state index in [2.05, 4.69) is 10.2 Å². The third-order valence-electron chi connectivity index (χ3n) is 3.77. The average Bonchev–Trinajstić information content (AvgIpc) is 2.72. The van der Waals surface area contributed by atoms with Gasteiger partial charge in [-0.25, -0.2) is 0 Å². The van der Waals surface area contributed by atoms with E-state index >= 15 is 0 Å². The quantitative estimate of drug-likeness (QED) is 0.747. The van der Waals surface area contributed by atoms with E-state index in [1.54, 1.807) is 0 Å². The zero-order valence-corrected chi connectivity index (χ0v) is 10.2. The van der Waals surface area contributed by atoms with Crippen LogP contribution in [0.25, 0.3) is 0 Å². The number of hydrogen-bond donors (Lipinski definition) is 1. The second-order valence-electron chi connectivity index (χ2n) is 4.91. The van der Waals surface area contributed by atoms with Crippen molar-refractivity contribution in [3.05, 3.63) is 0 Å². The fraction of sp³-hybridized carbons (Fsp3) is 0.917. The lowest BCUT2D eigenvalue weighted by Gasteiger charge is -2.33. The topological polar surface area (TPSA) is 35.6 Å². The zero-order valence-electron chi connectivity index (χ0n) is 10.2. The molecule has 4 nitrogen and oxygen atoms in total. The molecule has 0 aromatic carbocycles. The minimum absolute atomic E-state index is 0.349. The highest BCUT2D eigenvalue weighted by Crippen LogP contribution is 2.12. The Morgan fingerprint density at radius 3 is 2.88 bits per heavy atom. The predicted octanol–water partition coefficient (Wildman–Crippen LogP) is 0.293. The van der Waals surface area contributed by atoms with E-state index in [-0.39, 0.29) is 0 Å². The molecule has 4 heteroatoms. The van der Waals surface area contributed by atoms with Gasteiger partial charge in [-0.2, -0.15) is 0 Å². The molecule has 0 aromatic heterocycles. The molecule has 0 spiro atoms. The highest BCUT2D eigenvalue weighted by Gasteiger charge is 2.22. The third kappa shape index (κ3) is 2.95. The molecule has 92 valence electrons. The predicted molar refractivity (Wildman–Crippen MR) is 64.3 cm³/mol. The molecule has 2 aliphatic rings. The molecule has 16 heavy (non-hydrogen) atoms. The van der Waals surface area contributed by atoms with Gasteiger partial charge in [-0.15, -0.1) is 0 Å².